The lowest BCUT2D eigenvalue weighted by Gasteiger charge is -2.19. The van der Waals surface area contributed by atoms with Gasteiger partial charge in [-0.25, -0.2) is 14.6 Å². The van der Waals surface area contributed by atoms with Crippen LogP contribution in [0.25, 0.3) is 33.3 Å². The summed E-state index contributed by atoms with van der Waals surface area (Å²) in [5.41, 5.74) is 4.90. The van der Waals surface area contributed by atoms with Gasteiger partial charge in [0.2, 0.25) is 0 Å². The molecule has 0 saturated carbocycles. The molecule has 3 heterocycles. The van der Waals surface area contributed by atoms with E-state index >= 15 is 0 Å². The molecular formula is C20H21N7. The molecule has 136 valence electrons. The van der Waals surface area contributed by atoms with Crippen molar-refractivity contribution in [3.63, 3.8) is 0 Å². The number of nitrogens with one attached hydrogen (secondary N) is 2. The van der Waals surface area contributed by atoms with Crippen molar-refractivity contribution < 1.29 is 0 Å². The lowest BCUT2D eigenvalue weighted by molar-refractivity contribution is 0.366. The van der Waals surface area contributed by atoms with Gasteiger partial charge in [0.25, 0.3) is 0 Å². The van der Waals surface area contributed by atoms with Crippen molar-refractivity contribution in [2.75, 3.05) is 12.4 Å². The van der Waals surface area contributed by atoms with Gasteiger partial charge in [-0.05, 0) is 45.4 Å². The second kappa shape index (κ2) is 5.81. The molecule has 0 spiro atoms. The Morgan fingerprint density at radius 1 is 1.22 bits per heavy atom. The Labute approximate surface area is 157 Å². The van der Waals surface area contributed by atoms with E-state index in [1.807, 2.05) is 29.9 Å². The molecule has 0 unspecified atom stereocenters. The maximum Gasteiger partial charge on any atom is 0.164 e. The Hall–Kier alpha value is -3.40. The molecule has 0 amide bonds. The molecule has 1 aromatic carbocycles. The van der Waals surface area contributed by atoms with Crippen LogP contribution in [0, 0.1) is 18.3 Å². The Morgan fingerprint density at radius 3 is 2.67 bits per heavy atom. The normalized spacial score (nSPS) is 11.9. The minimum Gasteiger partial charge on any atom is -0.372 e. The number of aromatic amines is 1. The van der Waals surface area contributed by atoms with Crippen molar-refractivity contribution >= 4 is 27.8 Å². The van der Waals surface area contributed by atoms with Crippen LogP contribution in [-0.2, 0) is 5.54 Å². The number of nitrogens with zero attached hydrogens (tertiary/aromatic N) is 5. The van der Waals surface area contributed by atoms with Gasteiger partial charge in [-0.2, -0.15) is 10.4 Å². The van der Waals surface area contributed by atoms with Crippen LogP contribution in [0.1, 0.15) is 31.9 Å². The summed E-state index contributed by atoms with van der Waals surface area (Å²) in [5, 5.41) is 19.2. The maximum absolute atomic E-state index is 9.19. The molecule has 0 fully saturated rings. The fourth-order valence-electron chi connectivity index (χ4n) is 3.43. The molecule has 2 N–H and O–H groups in total. The van der Waals surface area contributed by atoms with Gasteiger partial charge < -0.3 is 10.3 Å². The summed E-state index contributed by atoms with van der Waals surface area (Å²) in [4.78, 5) is 12.3. The van der Waals surface area contributed by atoms with Crippen molar-refractivity contribution in [1.82, 2.24) is 24.7 Å². The van der Waals surface area contributed by atoms with E-state index in [1.165, 1.54) is 0 Å². The van der Waals surface area contributed by atoms with E-state index in [4.69, 9.17) is 5.10 Å². The van der Waals surface area contributed by atoms with Gasteiger partial charge in [0, 0.05) is 18.0 Å². The van der Waals surface area contributed by atoms with Crippen molar-refractivity contribution in [2.24, 2.45) is 0 Å². The molecule has 0 atom stereocenters. The number of H-pyrrole nitrogens is 1. The lowest BCUT2D eigenvalue weighted by atomic mass is 10.1. The second-order valence-corrected chi connectivity index (χ2v) is 7.60. The summed E-state index contributed by atoms with van der Waals surface area (Å²) in [6.07, 6.45) is 1.55. The van der Waals surface area contributed by atoms with E-state index in [-0.39, 0.29) is 5.54 Å². The first-order chi connectivity index (χ1) is 12.8. The van der Waals surface area contributed by atoms with Gasteiger partial charge in [-0.15, -0.1) is 0 Å². The van der Waals surface area contributed by atoms with Crippen LogP contribution in [0.2, 0.25) is 0 Å². The number of benzene rings is 1. The average Bonchev–Trinajstić information content (AvgIpc) is 3.19. The quantitative estimate of drug-likeness (QED) is 0.565. The van der Waals surface area contributed by atoms with E-state index in [2.05, 4.69) is 54.0 Å². The summed E-state index contributed by atoms with van der Waals surface area (Å²) in [7, 11) is 1.84. The Balaban J connectivity index is 2.09. The molecule has 0 aliphatic heterocycles. The molecule has 4 aromatic rings. The third-order valence-corrected chi connectivity index (χ3v) is 4.76. The molecular weight excluding hydrogens is 338 g/mol. The van der Waals surface area contributed by atoms with Crippen molar-refractivity contribution in [1.29, 1.82) is 5.26 Å². The van der Waals surface area contributed by atoms with Gasteiger partial charge in [0.05, 0.1) is 28.3 Å². The number of aromatic nitrogens is 5. The fourth-order valence-corrected chi connectivity index (χ4v) is 3.43. The monoisotopic (exact) mass is 359 g/mol. The Morgan fingerprint density at radius 2 is 2.00 bits per heavy atom. The van der Waals surface area contributed by atoms with Crippen molar-refractivity contribution in [3.05, 3.63) is 35.7 Å². The van der Waals surface area contributed by atoms with Gasteiger partial charge in [0.1, 0.15) is 17.8 Å². The van der Waals surface area contributed by atoms with E-state index in [0.717, 1.165) is 44.7 Å². The number of hydrogen-bond acceptors (Lipinski definition) is 5. The molecule has 0 radical (unpaired) electrons. The topological polar surface area (TPSA) is 95.2 Å². The minimum absolute atomic E-state index is 0.232. The summed E-state index contributed by atoms with van der Waals surface area (Å²) < 4.78 is 1.94. The third-order valence-electron chi connectivity index (χ3n) is 4.76. The number of rotatable bonds is 2. The van der Waals surface area contributed by atoms with Crippen LogP contribution in [0.5, 0.6) is 0 Å². The van der Waals surface area contributed by atoms with Crippen LogP contribution < -0.4 is 5.32 Å². The van der Waals surface area contributed by atoms with E-state index in [1.54, 1.807) is 6.33 Å². The number of anilines is 1. The van der Waals surface area contributed by atoms with E-state index in [0.29, 0.717) is 5.56 Å². The van der Waals surface area contributed by atoms with Gasteiger partial charge in [-0.3, -0.25) is 0 Å². The fraction of sp³-hybridized carbons (Fsp3) is 0.300. The molecule has 0 saturated heterocycles. The van der Waals surface area contributed by atoms with Crippen molar-refractivity contribution in [2.45, 2.75) is 33.2 Å². The molecule has 7 heteroatoms. The lowest BCUT2D eigenvalue weighted by Crippen LogP contribution is -2.23. The zero-order valence-electron chi connectivity index (χ0n) is 16.0. The highest BCUT2D eigenvalue weighted by molar-refractivity contribution is 6.02. The van der Waals surface area contributed by atoms with Gasteiger partial charge in [0.15, 0.2) is 5.65 Å². The summed E-state index contributed by atoms with van der Waals surface area (Å²) in [5.74, 6) is 0.737. The summed E-state index contributed by atoms with van der Waals surface area (Å²) >= 11 is 0. The smallest absolute Gasteiger partial charge is 0.164 e. The predicted octanol–water partition coefficient (Wildman–Crippen LogP) is 3.95. The molecule has 7 nitrogen and oxygen atoms in total. The van der Waals surface area contributed by atoms with Gasteiger partial charge in [-0.1, -0.05) is 6.07 Å². The summed E-state index contributed by atoms with van der Waals surface area (Å²) in [6.45, 7) is 8.36. The first-order valence-corrected chi connectivity index (χ1v) is 8.80. The second-order valence-electron chi connectivity index (χ2n) is 7.60. The number of aryl methyl sites for hydroxylation is 1. The number of nitriles is 1. The third kappa shape index (κ3) is 2.53. The molecule has 4 rings (SSSR count). The van der Waals surface area contributed by atoms with Gasteiger partial charge >= 0.3 is 0 Å². The first kappa shape index (κ1) is 17.0. The van der Waals surface area contributed by atoms with E-state index in [9.17, 15) is 5.26 Å². The Bertz CT molecular complexity index is 1220. The number of fused-ring (bicyclic) bond motifs is 2. The van der Waals surface area contributed by atoms with E-state index < -0.39 is 0 Å². The zero-order valence-corrected chi connectivity index (χ0v) is 16.0. The largest absolute Gasteiger partial charge is 0.372 e. The molecule has 0 aliphatic carbocycles. The summed E-state index contributed by atoms with van der Waals surface area (Å²) in [6, 6.07) is 7.86. The molecule has 0 bridgehead atoms. The predicted molar refractivity (Wildman–Crippen MR) is 107 cm³/mol. The SMILES string of the molecule is CNc1ncnc2c1c(-c1[nH]c3cc(C#N)ccc3c1C)nn2C(C)(C)C. The standard InChI is InChI=1S/C20H21N7/c1-11-13-7-6-12(9-21)8-14(13)25-16(11)17-15-18(22-5)23-10-24-19(15)27(26-17)20(2,3)4/h6-8,10,25H,1-5H3,(H,22,23,24). The maximum atomic E-state index is 9.19. The first-order valence-electron chi connectivity index (χ1n) is 8.80. The van der Waals surface area contributed by atoms with Crippen LogP contribution in [-0.4, -0.2) is 31.8 Å². The highest BCUT2D eigenvalue weighted by Gasteiger charge is 2.26. The zero-order chi connectivity index (χ0) is 19.3. The highest BCUT2D eigenvalue weighted by Crippen LogP contribution is 2.37. The number of hydrogen-bond donors (Lipinski definition) is 2. The van der Waals surface area contributed by atoms with Crippen LogP contribution >= 0.6 is 0 Å². The average molecular weight is 359 g/mol. The molecule has 0 aliphatic rings. The molecule has 27 heavy (non-hydrogen) atoms. The minimum atomic E-state index is -0.232. The molecule has 3 aromatic heterocycles. The highest BCUT2D eigenvalue weighted by atomic mass is 15.3. The Kier molecular flexibility index (Phi) is 3.67. The van der Waals surface area contributed by atoms with Crippen LogP contribution in [0.3, 0.4) is 0 Å². The van der Waals surface area contributed by atoms with Crippen molar-refractivity contribution in [3.8, 4) is 17.5 Å². The van der Waals surface area contributed by atoms with Crippen LogP contribution in [0.15, 0.2) is 24.5 Å². The van der Waals surface area contributed by atoms with Crippen LogP contribution in [0.4, 0.5) is 5.82 Å².